The fourth-order valence-corrected chi connectivity index (χ4v) is 2.05. The monoisotopic (exact) mass is 252 g/mol. The SMILES string of the molecule is CC(O)c1ccc(N2CCNC(=O)CC2)c(F)c1. The van der Waals surface area contributed by atoms with Crippen LogP contribution in [0.25, 0.3) is 0 Å². The number of amides is 1. The molecule has 1 aromatic rings. The molecule has 98 valence electrons. The highest BCUT2D eigenvalue weighted by Gasteiger charge is 2.17. The van der Waals surface area contributed by atoms with Crippen molar-refractivity contribution in [3.63, 3.8) is 0 Å². The summed E-state index contributed by atoms with van der Waals surface area (Å²) in [6, 6.07) is 4.72. The van der Waals surface area contributed by atoms with Crippen molar-refractivity contribution in [1.82, 2.24) is 5.32 Å². The predicted molar refractivity (Wildman–Crippen MR) is 66.9 cm³/mol. The van der Waals surface area contributed by atoms with Crippen molar-refractivity contribution in [2.75, 3.05) is 24.5 Å². The van der Waals surface area contributed by atoms with Gasteiger partial charge in [-0.05, 0) is 24.6 Å². The van der Waals surface area contributed by atoms with Crippen LogP contribution in [-0.2, 0) is 4.79 Å². The van der Waals surface area contributed by atoms with Crippen LogP contribution in [-0.4, -0.2) is 30.6 Å². The van der Waals surface area contributed by atoms with Crippen molar-refractivity contribution in [1.29, 1.82) is 0 Å². The van der Waals surface area contributed by atoms with Crippen LogP contribution in [0.5, 0.6) is 0 Å². The first-order valence-corrected chi connectivity index (χ1v) is 6.07. The maximum atomic E-state index is 14.0. The molecule has 18 heavy (non-hydrogen) atoms. The van der Waals surface area contributed by atoms with Gasteiger partial charge in [0.25, 0.3) is 0 Å². The molecular formula is C13H17FN2O2. The zero-order valence-corrected chi connectivity index (χ0v) is 10.3. The first kappa shape index (κ1) is 12.8. The molecule has 0 aromatic heterocycles. The maximum Gasteiger partial charge on any atom is 0.221 e. The highest BCUT2D eigenvalue weighted by atomic mass is 19.1. The minimum Gasteiger partial charge on any atom is -0.389 e. The summed E-state index contributed by atoms with van der Waals surface area (Å²) in [7, 11) is 0. The molecule has 2 rings (SSSR count). The number of aliphatic hydroxyl groups is 1. The van der Waals surface area contributed by atoms with Crippen molar-refractivity contribution >= 4 is 11.6 Å². The van der Waals surface area contributed by atoms with E-state index >= 15 is 0 Å². The largest absolute Gasteiger partial charge is 0.389 e. The smallest absolute Gasteiger partial charge is 0.221 e. The Hall–Kier alpha value is -1.62. The minimum absolute atomic E-state index is 0.00138. The van der Waals surface area contributed by atoms with Gasteiger partial charge in [0.2, 0.25) is 5.91 Å². The number of hydrogen-bond acceptors (Lipinski definition) is 3. The van der Waals surface area contributed by atoms with E-state index in [0.29, 0.717) is 37.3 Å². The van der Waals surface area contributed by atoms with E-state index in [9.17, 15) is 14.3 Å². The molecule has 0 saturated carbocycles. The Labute approximate surface area is 105 Å². The molecule has 0 spiro atoms. The van der Waals surface area contributed by atoms with E-state index < -0.39 is 6.10 Å². The fraction of sp³-hybridized carbons (Fsp3) is 0.462. The quantitative estimate of drug-likeness (QED) is 0.831. The summed E-state index contributed by atoms with van der Waals surface area (Å²) in [6.45, 7) is 3.23. The van der Waals surface area contributed by atoms with E-state index in [1.807, 2.05) is 4.90 Å². The Morgan fingerprint density at radius 1 is 1.44 bits per heavy atom. The third kappa shape index (κ3) is 2.79. The lowest BCUT2D eigenvalue weighted by atomic mass is 10.1. The number of nitrogens with one attached hydrogen (secondary N) is 1. The van der Waals surface area contributed by atoms with Gasteiger partial charge in [0.15, 0.2) is 0 Å². The van der Waals surface area contributed by atoms with E-state index in [1.165, 1.54) is 6.07 Å². The molecule has 1 fully saturated rings. The van der Waals surface area contributed by atoms with Gasteiger partial charge in [-0.3, -0.25) is 4.79 Å². The number of rotatable bonds is 2. The molecule has 1 aliphatic heterocycles. The van der Waals surface area contributed by atoms with Crippen LogP contribution >= 0.6 is 0 Å². The zero-order chi connectivity index (χ0) is 13.1. The normalized spacial score (nSPS) is 18.2. The van der Waals surface area contributed by atoms with E-state index in [1.54, 1.807) is 19.1 Å². The van der Waals surface area contributed by atoms with Gasteiger partial charge in [-0.2, -0.15) is 0 Å². The molecule has 1 aliphatic rings. The predicted octanol–water partition coefficient (Wildman–Crippen LogP) is 1.21. The van der Waals surface area contributed by atoms with Gasteiger partial charge in [-0.1, -0.05) is 6.07 Å². The minimum atomic E-state index is -0.680. The van der Waals surface area contributed by atoms with Crippen molar-refractivity contribution in [2.45, 2.75) is 19.4 Å². The summed E-state index contributed by atoms with van der Waals surface area (Å²) in [5, 5.41) is 12.1. The molecule has 1 amide bonds. The van der Waals surface area contributed by atoms with E-state index in [4.69, 9.17) is 0 Å². The molecule has 2 N–H and O–H groups in total. The maximum absolute atomic E-state index is 14.0. The Morgan fingerprint density at radius 2 is 2.22 bits per heavy atom. The fourth-order valence-electron chi connectivity index (χ4n) is 2.05. The molecule has 1 unspecified atom stereocenters. The van der Waals surface area contributed by atoms with Gasteiger partial charge in [0.05, 0.1) is 11.8 Å². The molecule has 1 heterocycles. The van der Waals surface area contributed by atoms with Crippen LogP contribution in [0.1, 0.15) is 25.0 Å². The third-order valence-electron chi connectivity index (χ3n) is 3.11. The van der Waals surface area contributed by atoms with Gasteiger partial charge in [-0.25, -0.2) is 4.39 Å². The van der Waals surface area contributed by atoms with Crippen LogP contribution in [0, 0.1) is 5.82 Å². The van der Waals surface area contributed by atoms with Crippen LogP contribution in [0.15, 0.2) is 18.2 Å². The molecule has 0 aliphatic carbocycles. The summed E-state index contributed by atoms with van der Waals surface area (Å²) in [5.41, 5.74) is 1.04. The van der Waals surface area contributed by atoms with Crippen LogP contribution in [0.2, 0.25) is 0 Å². The second-order valence-corrected chi connectivity index (χ2v) is 4.47. The number of nitrogens with zero attached hydrogens (tertiary/aromatic N) is 1. The lowest BCUT2D eigenvalue weighted by molar-refractivity contribution is -0.120. The molecule has 1 atom stereocenters. The van der Waals surface area contributed by atoms with Crippen molar-refractivity contribution in [3.8, 4) is 0 Å². The van der Waals surface area contributed by atoms with E-state index in [-0.39, 0.29) is 11.7 Å². The zero-order valence-electron chi connectivity index (χ0n) is 10.3. The first-order valence-electron chi connectivity index (χ1n) is 6.07. The topological polar surface area (TPSA) is 52.6 Å². The van der Waals surface area contributed by atoms with Crippen LogP contribution in [0.3, 0.4) is 0 Å². The summed E-state index contributed by atoms with van der Waals surface area (Å²) in [5.74, 6) is -0.360. The van der Waals surface area contributed by atoms with Crippen molar-refractivity contribution in [2.24, 2.45) is 0 Å². The number of aliphatic hydroxyl groups excluding tert-OH is 1. The second-order valence-electron chi connectivity index (χ2n) is 4.47. The van der Waals surface area contributed by atoms with Crippen molar-refractivity contribution < 1.29 is 14.3 Å². The number of benzene rings is 1. The van der Waals surface area contributed by atoms with Crippen LogP contribution < -0.4 is 10.2 Å². The highest BCUT2D eigenvalue weighted by molar-refractivity contribution is 5.77. The van der Waals surface area contributed by atoms with Gasteiger partial charge >= 0.3 is 0 Å². The summed E-state index contributed by atoms with van der Waals surface area (Å²) in [6.07, 6.45) is -0.307. The highest BCUT2D eigenvalue weighted by Crippen LogP contribution is 2.23. The van der Waals surface area contributed by atoms with Gasteiger partial charge in [0.1, 0.15) is 5.82 Å². The van der Waals surface area contributed by atoms with Gasteiger partial charge in [-0.15, -0.1) is 0 Å². The number of halogens is 1. The summed E-state index contributed by atoms with van der Waals surface area (Å²) < 4.78 is 14.0. The lowest BCUT2D eigenvalue weighted by Crippen LogP contribution is -2.29. The lowest BCUT2D eigenvalue weighted by Gasteiger charge is -2.23. The van der Waals surface area contributed by atoms with Crippen LogP contribution in [0.4, 0.5) is 10.1 Å². The number of anilines is 1. The molecular weight excluding hydrogens is 235 g/mol. The average molecular weight is 252 g/mol. The molecule has 4 nitrogen and oxygen atoms in total. The first-order chi connectivity index (χ1) is 8.58. The number of hydrogen-bond donors (Lipinski definition) is 2. The molecule has 0 bridgehead atoms. The van der Waals surface area contributed by atoms with Crippen molar-refractivity contribution in [3.05, 3.63) is 29.6 Å². The Morgan fingerprint density at radius 3 is 2.89 bits per heavy atom. The Bertz CT molecular complexity index is 449. The third-order valence-corrected chi connectivity index (χ3v) is 3.11. The molecule has 5 heteroatoms. The van der Waals surface area contributed by atoms with E-state index in [2.05, 4.69) is 5.32 Å². The summed E-state index contributed by atoms with van der Waals surface area (Å²) >= 11 is 0. The van der Waals surface area contributed by atoms with E-state index in [0.717, 1.165) is 0 Å². The Balaban J connectivity index is 2.20. The summed E-state index contributed by atoms with van der Waals surface area (Å²) in [4.78, 5) is 13.1. The standard InChI is InChI=1S/C13H17FN2O2/c1-9(17)10-2-3-12(11(14)8-10)16-6-4-13(18)15-5-7-16/h2-3,8-9,17H,4-7H2,1H3,(H,15,18). The number of carbonyl (C=O) groups excluding carboxylic acids is 1. The van der Waals surface area contributed by atoms with Gasteiger partial charge in [0, 0.05) is 26.1 Å². The van der Waals surface area contributed by atoms with Gasteiger partial charge < -0.3 is 15.3 Å². The Kier molecular flexibility index (Phi) is 3.81. The molecule has 1 saturated heterocycles. The molecule has 0 radical (unpaired) electrons. The second kappa shape index (κ2) is 5.35. The molecule has 1 aromatic carbocycles. The number of carbonyl (C=O) groups is 1. The average Bonchev–Trinajstić information content (AvgIpc) is 2.54.